The molecular weight excluding hydrogens is 104 g/mol. The minimum Gasteiger partial charge on any atom is -0.350 e. The number of primary amides is 1. The normalized spacial score (nSPS) is 11.5. The molecule has 0 aromatic rings. The van der Waals surface area contributed by atoms with Crippen molar-refractivity contribution in [3.8, 4) is 0 Å². The van der Waals surface area contributed by atoms with Crippen LogP contribution in [0.5, 0.6) is 0 Å². The second kappa shape index (κ2) is 3.18. The Labute approximate surface area is 48.6 Å². The lowest BCUT2D eigenvalue weighted by Crippen LogP contribution is -2.06. The monoisotopic (exact) mass is 114 g/mol. The van der Waals surface area contributed by atoms with E-state index in [1.54, 1.807) is 6.92 Å². The van der Waals surface area contributed by atoms with E-state index >= 15 is 0 Å². The van der Waals surface area contributed by atoms with Crippen molar-refractivity contribution in [2.45, 2.75) is 20.3 Å². The highest BCUT2D eigenvalue weighted by Crippen LogP contribution is 1.82. The van der Waals surface area contributed by atoms with Crippen LogP contribution in [0.2, 0.25) is 0 Å². The molecule has 0 heterocycles. The molecule has 2 N–H and O–H groups in total. The standard InChI is InChI=1S/C5H10N2O/c1-3-4(2)7-5(6)8/h3H2,1-2H3,(H2,6,8)/b7-4+. The van der Waals surface area contributed by atoms with Crippen LogP contribution in [0.4, 0.5) is 4.79 Å². The highest BCUT2D eigenvalue weighted by Gasteiger charge is 1.87. The first-order valence-corrected chi connectivity index (χ1v) is 2.50. The lowest BCUT2D eigenvalue weighted by molar-refractivity contribution is 0.256. The lowest BCUT2D eigenvalue weighted by atomic mass is 10.3. The van der Waals surface area contributed by atoms with Gasteiger partial charge in [0.05, 0.1) is 0 Å². The van der Waals surface area contributed by atoms with Gasteiger partial charge >= 0.3 is 6.03 Å². The Bertz CT molecular complexity index is 118. The molecule has 0 spiro atoms. The number of nitrogens with zero attached hydrogens (tertiary/aromatic N) is 1. The van der Waals surface area contributed by atoms with Crippen molar-refractivity contribution in [2.75, 3.05) is 0 Å². The first-order valence-electron chi connectivity index (χ1n) is 2.50. The molecule has 0 aliphatic carbocycles. The molecule has 0 aliphatic heterocycles. The molecule has 0 saturated heterocycles. The third-order valence-corrected chi connectivity index (χ3v) is 0.813. The molecule has 0 saturated carbocycles. The Morgan fingerprint density at radius 3 is 2.38 bits per heavy atom. The van der Waals surface area contributed by atoms with Gasteiger partial charge in [-0.15, -0.1) is 0 Å². The predicted molar refractivity (Wildman–Crippen MR) is 33.0 cm³/mol. The van der Waals surface area contributed by atoms with Crippen molar-refractivity contribution in [1.82, 2.24) is 0 Å². The third kappa shape index (κ3) is 3.33. The number of urea groups is 1. The van der Waals surface area contributed by atoms with Crippen molar-refractivity contribution in [3.63, 3.8) is 0 Å². The van der Waals surface area contributed by atoms with Crippen LogP contribution in [0.25, 0.3) is 0 Å². The van der Waals surface area contributed by atoms with Crippen LogP contribution in [0.15, 0.2) is 4.99 Å². The maximum atomic E-state index is 10.0. The molecule has 2 amide bonds. The minimum atomic E-state index is -0.607. The molecule has 0 unspecified atom stereocenters. The highest BCUT2D eigenvalue weighted by atomic mass is 16.2. The predicted octanol–water partition coefficient (Wildman–Crippen LogP) is 0.936. The topological polar surface area (TPSA) is 55.4 Å². The summed E-state index contributed by atoms with van der Waals surface area (Å²) in [5.74, 6) is 0. The van der Waals surface area contributed by atoms with Crippen LogP contribution < -0.4 is 5.73 Å². The smallest absolute Gasteiger partial charge is 0.338 e. The van der Waals surface area contributed by atoms with E-state index in [9.17, 15) is 4.79 Å². The van der Waals surface area contributed by atoms with Crippen LogP contribution in [-0.4, -0.2) is 11.7 Å². The van der Waals surface area contributed by atoms with Crippen LogP contribution in [0.3, 0.4) is 0 Å². The van der Waals surface area contributed by atoms with Crippen LogP contribution in [0, 0.1) is 0 Å². The van der Waals surface area contributed by atoms with Gasteiger partial charge in [-0.25, -0.2) is 9.79 Å². The maximum absolute atomic E-state index is 10.0. The molecule has 0 bridgehead atoms. The fourth-order valence-electron chi connectivity index (χ4n) is 0.267. The van der Waals surface area contributed by atoms with Crippen molar-refractivity contribution >= 4 is 11.7 Å². The molecule has 3 nitrogen and oxygen atoms in total. The summed E-state index contributed by atoms with van der Waals surface area (Å²) in [6.07, 6.45) is 0.781. The molecule has 0 aromatic carbocycles. The molecule has 0 aromatic heterocycles. The molecule has 3 heteroatoms. The van der Waals surface area contributed by atoms with Gasteiger partial charge in [0.1, 0.15) is 0 Å². The first kappa shape index (κ1) is 7.14. The van der Waals surface area contributed by atoms with Gasteiger partial charge in [-0.1, -0.05) is 6.92 Å². The number of carbonyl (C=O) groups is 1. The molecule has 8 heavy (non-hydrogen) atoms. The van der Waals surface area contributed by atoms with Crippen molar-refractivity contribution in [2.24, 2.45) is 10.7 Å². The second-order valence-corrected chi connectivity index (χ2v) is 1.54. The summed E-state index contributed by atoms with van der Waals surface area (Å²) in [5, 5.41) is 0. The number of nitrogens with two attached hydrogens (primary N) is 1. The quantitative estimate of drug-likeness (QED) is 0.506. The largest absolute Gasteiger partial charge is 0.350 e. The molecule has 0 atom stereocenters. The van der Waals surface area contributed by atoms with E-state index in [0.717, 1.165) is 12.1 Å². The van der Waals surface area contributed by atoms with Gasteiger partial charge in [-0.3, -0.25) is 0 Å². The highest BCUT2D eigenvalue weighted by molar-refractivity contribution is 5.92. The molecule has 46 valence electrons. The summed E-state index contributed by atoms with van der Waals surface area (Å²) in [6, 6.07) is -0.607. The van der Waals surface area contributed by atoms with Gasteiger partial charge in [0, 0.05) is 5.71 Å². The van der Waals surface area contributed by atoms with Gasteiger partial charge in [-0.2, -0.15) is 0 Å². The van der Waals surface area contributed by atoms with Gasteiger partial charge in [0.15, 0.2) is 0 Å². The Balaban J connectivity index is 3.75. The Morgan fingerprint density at radius 2 is 2.25 bits per heavy atom. The summed E-state index contributed by atoms with van der Waals surface area (Å²) >= 11 is 0. The SMILES string of the molecule is CC/C(C)=N/C(N)=O. The van der Waals surface area contributed by atoms with Crippen LogP contribution in [-0.2, 0) is 0 Å². The fourth-order valence-corrected chi connectivity index (χ4v) is 0.267. The summed E-state index contributed by atoms with van der Waals surface area (Å²) in [7, 11) is 0. The number of rotatable bonds is 1. The van der Waals surface area contributed by atoms with Crippen LogP contribution >= 0.6 is 0 Å². The fraction of sp³-hybridized carbons (Fsp3) is 0.600. The molecule has 0 fully saturated rings. The number of amides is 2. The lowest BCUT2D eigenvalue weighted by Gasteiger charge is -1.87. The average molecular weight is 114 g/mol. The average Bonchev–Trinajstić information content (AvgIpc) is 1.65. The second-order valence-electron chi connectivity index (χ2n) is 1.54. The maximum Gasteiger partial charge on any atom is 0.338 e. The Morgan fingerprint density at radius 1 is 1.75 bits per heavy atom. The zero-order chi connectivity index (χ0) is 6.57. The van der Waals surface area contributed by atoms with E-state index in [0.29, 0.717) is 0 Å². The van der Waals surface area contributed by atoms with Gasteiger partial charge < -0.3 is 5.73 Å². The van der Waals surface area contributed by atoms with Gasteiger partial charge in [0.2, 0.25) is 0 Å². The van der Waals surface area contributed by atoms with E-state index in [4.69, 9.17) is 5.73 Å². The number of carbonyl (C=O) groups excluding carboxylic acids is 1. The van der Waals surface area contributed by atoms with E-state index < -0.39 is 6.03 Å². The Hall–Kier alpha value is -0.860. The van der Waals surface area contributed by atoms with Crippen molar-refractivity contribution in [3.05, 3.63) is 0 Å². The minimum absolute atomic E-state index is 0.607. The Kier molecular flexibility index (Phi) is 2.84. The summed E-state index contributed by atoms with van der Waals surface area (Å²) in [6.45, 7) is 3.69. The molecule has 0 aliphatic rings. The first-order chi connectivity index (χ1) is 3.66. The summed E-state index contributed by atoms with van der Waals surface area (Å²) in [4.78, 5) is 13.5. The van der Waals surface area contributed by atoms with Gasteiger partial charge in [-0.05, 0) is 13.3 Å². The van der Waals surface area contributed by atoms with Crippen molar-refractivity contribution in [1.29, 1.82) is 0 Å². The molecule has 0 rings (SSSR count). The van der Waals surface area contributed by atoms with E-state index in [1.807, 2.05) is 6.92 Å². The molecule has 0 radical (unpaired) electrons. The number of hydrogen-bond acceptors (Lipinski definition) is 1. The van der Waals surface area contributed by atoms with Crippen molar-refractivity contribution < 1.29 is 4.79 Å². The number of aliphatic imine (C=N–C) groups is 1. The van der Waals surface area contributed by atoms with E-state index in [2.05, 4.69) is 4.99 Å². The zero-order valence-corrected chi connectivity index (χ0v) is 5.14. The summed E-state index contributed by atoms with van der Waals surface area (Å²) < 4.78 is 0. The third-order valence-electron chi connectivity index (χ3n) is 0.813. The van der Waals surface area contributed by atoms with E-state index in [-0.39, 0.29) is 0 Å². The molecular formula is C5H10N2O. The van der Waals surface area contributed by atoms with E-state index in [1.165, 1.54) is 0 Å². The van der Waals surface area contributed by atoms with Gasteiger partial charge in [0.25, 0.3) is 0 Å². The summed E-state index contributed by atoms with van der Waals surface area (Å²) in [5.41, 5.74) is 5.52. The zero-order valence-electron chi connectivity index (χ0n) is 5.14. The van der Waals surface area contributed by atoms with Crippen LogP contribution in [0.1, 0.15) is 20.3 Å². The number of hydrogen-bond donors (Lipinski definition) is 1.